The van der Waals surface area contributed by atoms with E-state index in [9.17, 15) is 0 Å². The number of nitrogens with zero attached hydrogens (tertiary/aromatic N) is 1. The van der Waals surface area contributed by atoms with Crippen molar-refractivity contribution in [2.24, 2.45) is 16.8 Å². The molecule has 0 heterocycles. The van der Waals surface area contributed by atoms with Crippen LogP contribution in [0.15, 0.2) is 5.16 Å². The van der Waals surface area contributed by atoms with E-state index in [0.717, 1.165) is 18.9 Å². The van der Waals surface area contributed by atoms with Crippen LogP contribution in [0.3, 0.4) is 0 Å². The highest BCUT2D eigenvalue weighted by atomic mass is 16.4. The summed E-state index contributed by atoms with van der Waals surface area (Å²) in [6.07, 6.45) is 5.74. The number of hydrogen-bond acceptors (Lipinski definition) is 3. The Balaban J connectivity index is 2.16. The molecule has 4 N–H and O–H groups in total. The van der Waals surface area contributed by atoms with E-state index in [4.69, 9.17) is 10.9 Å². The van der Waals surface area contributed by atoms with E-state index in [-0.39, 0.29) is 0 Å². The van der Waals surface area contributed by atoms with Gasteiger partial charge in [-0.1, -0.05) is 18.5 Å². The average Bonchev–Trinajstić information content (AvgIpc) is 2.13. The van der Waals surface area contributed by atoms with Gasteiger partial charge in [0, 0.05) is 12.5 Å². The van der Waals surface area contributed by atoms with E-state index in [1.807, 2.05) is 0 Å². The lowest BCUT2D eigenvalue weighted by atomic mass is 9.85. The van der Waals surface area contributed by atoms with Crippen LogP contribution in [0.1, 0.15) is 39.0 Å². The van der Waals surface area contributed by atoms with Crippen LogP contribution >= 0.6 is 0 Å². The lowest BCUT2D eigenvalue weighted by Crippen LogP contribution is -2.37. The minimum absolute atomic E-state index is 0.318. The summed E-state index contributed by atoms with van der Waals surface area (Å²) in [6, 6.07) is 0.353. The van der Waals surface area contributed by atoms with Gasteiger partial charge in [-0.15, -0.1) is 0 Å². The smallest absolute Gasteiger partial charge is 0.140 e. The highest BCUT2D eigenvalue weighted by molar-refractivity contribution is 5.80. The molecule has 4 heteroatoms. The molecule has 1 unspecified atom stereocenters. The third-order valence-corrected chi connectivity index (χ3v) is 3.00. The van der Waals surface area contributed by atoms with Gasteiger partial charge in [0.25, 0.3) is 0 Å². The number of rotatable bonds is 6. The predicted molar refractivity (Wildman–Crippen MR) is 57.4 cm³/mol. The van der Waals surface area contributed by atoms with Crippen molar-refractivity contribution in [1.82, 2.24) is 5.32 Å². The molecule has 0 aromatic carbocycles. The van der Waals surface area contributed by atoms with Crippen LogP contribution in [0, 0.1) is 5.92 Å². The quantitative estimate of drug-likeness (QED) is 0.261. The molecule has 14 heavy (non-hydrogen) atoms. The maximum atomic E-state index is 8.45. The highest BCUT2D eigenvalue weighted by Crippen LogP contribution is 2.25. The van der Waals surface area contributed by atoms with E-state index in [1.54, 1.807) is 0 Å². The lowest BCUT2D eigenvalue weighted by molar-refractivity contribution is 0.286. The zero-order chi connectivity index (χ0) is 10.4. The first-order chi connectivity index (χ1) is 6.76. The van der Waals surface area contributed by atoms with Gasteiger partial charge in [0.15, 0.2) is 0 Å². The molecule has 82 valence electrons. The number of oxime groups is 1. The maximum absolute atomic E-state index is 8.45. The molecule has 0 saturated heterocycles. The van der Waals surface area contributed by atoms with Gasteiger partial charge in [0.05, 0.1) is 0 Å². The zero-order valence-electron chi connectivity index (χ0n) is 8.87. The van der Waals surface area contributed by atoms with Gasteiger partial charge in [-0.05, 0) is 31.7 Å². The van der Waals surface area contributed by atoms with Crippen LogP contribution in [0.5, 0.6) is 0 Å². The van der Waals surface area contributed by atoms with Gasteiger partial charge < -0.3 is 16.3 Å². The third kappa shape index (κ3) is 3.54. The fraction of sp³-hybridized carbons (Fsp3) is 0.900. The van der Waals surface area contributed by atoms with Gasteiger partial charge in [0.1, 0.15) is 5.84 Å². The van der Waals surface area contributed by atoms with Crippen molar-refractivity contribution in [2.75, 3.05) is 6.54 Å². The van der Waals surface area contributed by atoms with Crippen LogP contribution in [-0.2, 0) is 0 Å². The Labute approximate surface area is 85.6 Å². The standard InChI is InChI=1S/C10H21N3O/c1-2-9(6-10(11)13-14)12-7-8-4-3-5-8/h8-9,12,14H,2-7H2,1H3,(H2,11,13). The molecule has 1 aliphatic carbocycles. The summed E-state index contributed by atoms with van der Waals surface area (Å²) < 4.78 is 0. The van der Waals surface area contributed by atoms with Crippen molar-refractivity contribution in [2.45, 2.75) is 45.1 Å². The van der Waals surface area contributed by atoms with Gasteiger partial charge in [-0.25, -0.2) is 0 Å². The SMILES string of the molecule is CCC(CC(N)=NO)NCC1CCC1. The second-order valence-corrected chi connectivity index (χ2v) is 4.11. The highest BCUT2D eigenvalue weighted by Gasteiger charge is 2.18. The lowest BCUT2D eigenvalue weighted by Gasteiger charge is -2.28. The van der Waals surface area contributed by atoms with Crippen LogP contribution in [0.4, 0.5) is 0 Å². The van der Waals surface area contributed by atoms with Crippen molar-refractivity contribution in [3.05, 3.63) is 0 Å². The summed E-state index contributed by atoms with van der Waals surface area (Å²) in [7, 11) is 0. The van der Waals surface area contributed by atoms with E-state index in [1.165, 1.54) is 19.3 Å². The first-order valence-corrected chi connectivity index (χ1v) is 5.46. The monoisotopic (exact) mass is 199 g/mol. The number of amidine groups is 1. The fourth-order valence-electron chi connectivity index (χ4n) is 1.68. The molecule has 1 fully saturated rings. The zero-order valence-corrected chi connectivity index (χ0v) is 8.87. The molecule has 0 aromatic heterocycles. The summed E-state index contributed by atoms with van der Waals surface area (Å²) in [5.41, 5.74) is 5.46. The fourth-order valence-corrected chi connectivity index (χ4v) is 1.68. The Bertz CT molecular complexity index is 190. The second-order valence-electron chi connectivity index (χ2n) is 4.11. The Morgan fingerprint density at radius 1 is 1.64 bits per heavy atom. The molecule has 1 rings (SSSR count). The first-order valence-electron chi connectivity index (χ1n) is 5.46. The minimum atomic E-state index is 0.318. The van der Waals surface area contributed by atoms with Crippen molar-refractivity contribution in [3.63, 3.8) is 0 Å². The summed E-state index contributed by atoms with van der Waals surface area (Å²) >= 11 is 0. The van der Waals surface area contributed by atoms with Crippen molar-refractivity contribution < 1.29 is 5.21 Å². The summed E-state index contributed by atoms with van der Waals surface area (Å²) in [4.78, 5) is 0. The average molecular weight is 199 g/mol. The van der Waals surface area contributed by atoms with Crippen LogP contribution in [0.25, 0.3) is 0 Å². The third-order valence-electron chi connectivity index (χ3n) is 3.00. The Hall–Kier alpha value is -0.770. The van der Waals surface area contributed by atoms with Crippen molar-refractivity contribution in [3.8, 4) is 0 Å². The molecular weight excluding hydrogens is 178 g/mol. The molecule has 0 spiro atoms. The van der Waals surface area contributed by atoms with Gasteiger partial charge >= 0.3 is 0 Å². The number of hydrogen-bond donors (Lipinski definition) is 3. The van der Waals surface area contributed by atoms with Gasteiger partial charge in [-0.3, -0.25) is 0 Å². The molecule has 0 bridgehead atoms. The molecule has 1 saturated carbocycles. The summed E-state index contributed by atoms with van der Waals surface area (Å²) in [5.74, 6) is 1.18. The molecule has 0 radical (unpaired) electrons. The van der Waals surface area contributed by atoms with Crippen molar-refractivity contribution >= 4 is 5.84 Å². The Morgan fingerprint density at radius 3 is 2.79 bits per heavy atom. The van der Waals surface area contributed by atoms with E-state index in [2.05, 4.69) is 17.4 Å². The summed E-state index contributed by atoms with van der Waals surface area (Å²) in [5, 5.41) is 14.9. The van der Waals surface area contributed by atoms with Gasteiger partial charge in [0.2, 0.25) is 0 Å². The molecule has 1 aliphatic rings. The van der Waals surface area contributed by atoms with Crippen molar-refractivity contribution in [1.29, 1.82) is 0 Å². The molecule has 1 atom stereocenters. The molecule has 0 aliphatic heterocycles. The molecular formula is C10H21N3O. The predicted octanol–water partition coefficient (Wildman–Crippen LogP) is 1.29. The Morgan fingerprint density at radius 2 is 2.36 bits per heavy atom. The topological polar surface area (TPSA) is 70.6 Å². The molecule has 4 nitrogen and oxygen atoms in total. The van der Waals surface area contributed by atoms with Gasteiger partial charge in [-0.2, -0.15) is 0 Å². The normalized spacial score (nSPS) is 20.5. The minimum Gasteiger partial charge on any atom is -0.409 e. The van der Waals surface area contributed by atoms with Crippen LogP contribution in [-0.4, -0.2) is 23.6 Å². The largest absolute Gasteiger partial charge is 0.409 e. The molecule has 0 amide bonds. The number of nitrogens with one attached hydrogen (secondary N) is 1. The van der Waals surface area contributed by atoms with Crippen LogP contribution in [0.2, 0.25) is 0 Å². The molecule has 0 aromatic rings. The Kier molecular flexibility index (Phi) is 4.73. The van der Waals surface area contributed by atoms with Crippen LogP contribution < -0.4 is 11.1 Å². The van der Waals surface area contributed by atoms with E-state index in [0.29, 0.717) is 18.3 Å². The summed E-state index contributed by atoms with van der Waals surface area (Å²) in [6.45, 7) is 3.19. The second kappa shape index (κ2) is 5.86. The number of nitrogens with two attached hydrogens (primary N) is 1. The van der Waals surface area contributed by atoms with E-state index >= 15 is 0 Å². The first kappa shape index (κ1) is 11.3. The van der Waals surface area contributed by atoms with E-state index < -0.39 is 0 Å². The maximum Gasteiger partial charge on any atom is 0.140 e.